The van der Waals surface area contributed by atoms with Gasteiger partial charge in [-0.25, -0.2) is 0 Å². The second-order valence-corrected chi connectivity index (χ2v) is 7.55. The Kier molecular flexibility index (Phi) is 6.63. The van der Waals surface area contributed by atoms with E-state index in [2.05, 4.69) is 54.6 Å². The van der Waals surface area contributed by atoms with Crippen molar-refractivity contribution < 1.29 is 14.3 Å². The van der Waals surface area contributed by atoms with Crippen LogP contribution in [0.4, 0.5) is 0 Å². The van der Waals surface area contributed by atoms with E-state index >= 15 is 0 Å². The van der Waals surface area contributed by atoms with Crippen LogP contribution in [0.25, 0.3) is 21.9 Å². The second kappa shape index (κ2) is 9.94. The zero-order valence-corrected chi connectivity index (χ0v) is 17.7. The molecule has 0 saturated carbocycles. The van der Waals surface area contributed by atoms with Crippen LogP contribution in [-0.4, -0.2) is 19.7 Å². The van der Waals surface area contributed by atoms with E-state index < -0.39 is 0 Å². The molecule has 0 aliphatic carbocycles. The molecule has 4 aromatic rings. The quantitative estimate of drug-likeness (QED) is 0.323. The lowest BCUT2D eigenvalue weighted by atomic mass is 9.97. The number of aryl methyl sites for hydroxylation is 1. The van der Waals surface area contributed by atoms with Crippen molar-refractivity contribution in [3.05, 3.63) is 102 Å². The second-order valence-electron chi connectivity index (χ2n) is 7.55. The molecule has 0 spiro atoms. The number of ether oxygens (including phenoxy) is 2. The Morgan fingerprint density at radius 3 is 2.32 bits per heavy atom. The SMILES string of the molecule is COC(=O)CCc1ccc(OCCc2ccccc2)c(-c2ccc3ccccc3c2)c1. The number of carbonyl (C=O) groups is 1. The Labute approximate surface area is 183 Å². The van der Waals surface area contributed by atoms with Crippen molar-refractivity contribution in [3.63, 3.8) is 0 Å². The molecule has 0 radical (unpaired) electrons. The third-order valence-corrected chi connectivity index (χ3v) is 5.44. The van der Waals surface area contributed by atoms with Crippen LogP contribution in [0.3, 0.4) is 0 Å². The smallest absolute Gasteiger partial charge is 0.305 e. The van der Waals surface area contributed by atoms with E-state index in [-0.39, 0.29) is 5.97 Å². The summed E-state index contributed by atoms with van der Waals surface area (Å²) in [4.78, 5) is 11.6. The van der Waals surface area contributed by atoms with Crippen LogP contribution in [0.1, 0.15) is 17.5 Å². The van der Waals surface area contributed by atoms with Gasteiger partial charge in [0.05, 0.1) is 13.7 Å². The minimum absolute atomic E-state index is 0.199. The molecule has 0 atom stereocenters. The van der Waals surface area contributed by atoms with Crippen LogP contribution in [0, 0.1) is 0 Å². The van der Waals surface area contributed by atoms with E-state index in [4.69, 9.17) is 9.47 Å². The zero-order valence-electron chi connectivity index (χ0n) is 17.7. The van der Waals surface area contributed by atoms with Gasteiger partial charge in [0.2, 0.25) is 0 Å². The van der Waals surface area contributed by atoms with Crippen molar-refractivity contribution in [2.24, 2.45) is 0 Å². The molecule has 4 aromatic carbocycles. The highest BCUT2D eigenvalue weighted by atomic mass is 16.5. The number of hydrogen-bond acceptors (Lipinski definition) is 3. The molecule has 0 aliphatic heterocycles. The van der Waals surface area contributed by atoms with Gasteiger partial charge in [-0.2, -0.15) is 0 Å². The maximum atomic E-state index is 11.6. The Bertz CT molecular complexity index is 1170. The molecule has 0 N–H and O–H groups in total. The van der Waals surface area contributed by atoms with Gasteiger partial charge < -0.3 is 9.47 Å². The van der Waals surface area contributed by atoms with Gasteiger partial charge in [0.25, 0.3) is 0 Å². The highest BCUT2D eigenvalue weighted by Gasteiger charge is 2.11. The fourth-order valence-corrected chi connectivity index (χ4v) is 3.71. The average molecular weight is 411 g/mol. The van der Waals surface area contributed by atoms with Crippen molar-refractivity contribution in [2.45, 2.75) is 19.3 Å². The van der Waals surface area contributed by atoms with E-state index in [1.165, 1.54) is 23.4 Å². The molecule has 0 unspecified atom stereocenters. The summed E-state index contributed by atoms with van der Waals surface area (Å²) in [6.07, 6.45) is 1.85. The Balaban J connectivity index is 1.61. The first-order valence-electron chi connectivity index (χ1n) is 10.6. The van der Waals surface area contributed by atoms with Gasteiger partial charge in [0.1, 0.15) is 5.75 Å². The number of fused-ring (bicyclic) bond motifs is 1. The molecule has 0 saturated heterocycles. The van der Waals surface area contributed by atoms with Crippen molar-refractivity contribution in [3.8, 4) is 16.9 Å². The van der Waals surface area contributed by atoms with Crippen LogP contribution >= 0.6 is 0 Å². The van der Waals surface area contributed by atoms with Crippen LogP contribution in [-0.2, 0) is 22.4 Å². The monoisotopic (exact) mass is 410 g/mol. The molecule has 0 aromatic heterocycles. The largest absolute Gasteiger partial charge is 0.493 e. The molecule has 0 fully saturated rings. The van der Waals surface area contributed by atoms with E-state index in [1.807, 2.05) is 36.4 Å². The highest BCUT2D eigenvalue weighted by molar-refractivity contribution is 5.88. The number of hydrogen-bond donors (Lipinski definition) is 0. The van der Waals surface area contributed by atoms with Crippen molar-refractivity contribution in [1.29, 1.82) is 0 Å². The molecule has 31 heavy (non-hydrogen) atoms. The van der Waals surface area contributed by atoms with E-state index in [1.54, 1.807) is 0 Å². The summed E-state index contributed by atoms with van der Waals surface area (Å²) in [5.74, 6) is 0.656. The van der Waals surface area contributed by atoms with E-state index in [9.17, 15) is 4.79 Å². The van der Waals surface area contributed by atoms with Crippen LogP contribution in [0.2, 0.25) is 0 Å². The summed E-state index contributed by atoms with van der Waals surface area (Å²) >= 11 is 0. The predicted molar refractivity (Wildman–Crippen MR) is 125 cm³/mol. The van der Waals surface area contributed by atoms with Gasteiger partial charge in [-0.1, -0.05) is 72.8 Å². The highest BCUT2D eigenvalue weighted by Crippen LogP contribution is 2.33. The van der Waals surface area contributed by atoms with Crippen LogP contribution in [0.5, 0.6) is 5.75 Å². The summed E-state index contributed by atoms with van der Waals surface area (Å²) < 4.78 is 11.0. The van der Waals surface area contributed by atoms with Crippen molar-refractivity contribution in [2.75, 3.05) is 13.7 Å². The summed E-state index contributed by atoms with van der Waals surface area (Å²) in [5, 5.41) is 2.40. The standard InChI is InChI=1S/C28H26O3/c1-30-28(29)16-12-22-11-15-27(31-18-17-21-7-3-2-4-8-21)26(19-22)25-14-13-23-9-5-6-10-24(23)20-25/h2-11,13-15,19-20H,12,16-18H2,1H3. The fourth-order valence-electron chi connectivity index (χ4n) is 3.71. The maximum Gasteiger partial charge on any atom is 0.305 e. The predicted octanol–water partition coefficient (Wildman–Crippen LogP) is 6.23. The molecular formula is C28H26O3. The molecule has 4 rings (SSSR count). The first kappa shape index (κ1) is 20.7. The first-order valence-corrected chi connectivity index (χ1v) is 10.6. The summed E-state index contributed by atoms with van der Waals surface area (Å²) in [6.45, 7) is 0.603. The van der Waals surface area contributed by atoms with Gasteiger partial charge in [0, 0.05) is 18.4 Å². The van der Waals surface area contributed by atoms with E-state index in [0.29, 0.717) is 19.4 Å². The Morgan fingerprint density at radius 1 is 0.742 bits per heavy atom. The normalized spacial score (nSPS) is 10.7. The van der Waals surface area contributed by atoms with Gasteiger partial charge in [-0.15, -0.1) is 0 Å². The average Bonchev–Trinajstić information content (AvgIpc) is 2.83. The molecular weight excluding hydrogens is 384 g/mol. The lowest BCUT2D eigenvalue weighted by Crippen LogP contribution is -2.04. The van der Waals surface area contributed by atoms with E-state index in [0.717, 1.165) is 28.9 Å². The van der Waals surface area contributed by atoms with Crippen LogP contribution in [0.15, 0.2) is 91.0 Å². The summed E-state index contributed by atoms with van der Waals surface area (Å²) in [7, 11) is 1.42. The Hall–Kier alpha value is -3.59. The molecule has 3 heteroatoms. The van der Waals surface area contributed by atoms with Gasteiger partial charge in [0.15, 0.2) is 0 Å². The third kappa shape index (κ3) is 5.32. The first-order chi connectivity index (χ1) is 15.2. The van der Waals surface area contributed by atoms with Gasteiger partial charge in [-0.05, 0) is 52.1 Å². The molecule has 0 aliphatic rings. The topological polar surface area (TPSA) is 35.5 Å². The van der Waals surface area contributed by atoms with Crippen LogP contribution < -0.4 is 4.74 Å². The number of carbonyl (C=O) groups excluding carboxylic acids is 1. The number of benzene rings is 4. The van der Waals surface area contributed by atoms with Gasteiger partial charge in [-0.3, -0.25) is 4.79 Å². The lowest BCUT2D eigenvalue weighted by Gasteiger charge is -2.14. The van der Waals surface area contributed by atoms with Crippen molar-refractivity contribution >= 4 is 16.7 Å². The number of methoxy groups -OCH3 is 1. The maximum absolute atomic E-state index is 11.6. The summed E-state index contributed by atoms with van der Waals surface area (Å²) in [5.41, 5.74) is 4.49. The number of rotatable bonds is 8. The molecule has 0 heterocycles. The fraction of sp³-hybridized carbons (Fsp3) is 0.179. The molecule has 0 amide bonds. The van der Waals surface area contributed by atoms with Gasteiger partial charge >= 0.3 is 5.97 Å². The summed E-state index contributed by atoms with van der Waals surface area (Å²) in [6, 6.07) is 31.3. The van der Waals surface area contributed by atoms with Crippen molar-refractivity contribution in [1.82, 2.24) is 0 Å². The molecule has 0 bridgehead atoms. The Morgan fingerprint density at radius 2 is 1.52 bits per heavy atom. The third-order valence-electron chi connectivity index (χ3n) is 5.44. The number of esters is 1. The minimum Gasteiger partial charge on any atom is -0.493 e. The molecule has 3 nitrogen and oxygen atoms in total. The lowest BCUT2D eigenvalue weighted by molar-refractivity contribution is -0.140. The minimum atomic E-state index is -0.199. The molecule has 156 valence electrons. The zero-order chi connectivity index (χ0) is 21.5.